The molecule has 0 aromatic carbocycles. The third-order valence-electron chi connectivity index (χ3n) is 3.80. The molecule has 1 aromatic heterocycles. The maximum atomic E-state index is 8.87. The summed E-state index contributed by atoms with van der Waals surface area (Å²) in [5.41, 5.74) is 0. The highest BCUT2D eigenvalue weighted by molar-refractivity contribution is 7.11. The fourth-order valence-electron chi connectivity index (χ4n) is 2.71. The summed E-state index contributed by atoms with van der Waals surface area (Å²) in [6.45, 7) is 11.6. The lowest BCUT2D eigenvalue weighted by molar-refractivity contribution is 0.120. The van der Waals surface area contributed by atoms with Gasteiger partial charge in [-0.25, -0.2) is 0 Å². The lowest BCUT2D eigenvalue weighted by Crippen LogP contribution is -2.46. The zero-order valence-corrected chi connectivity index (χ0v) is 13.7. The van der Waals surface area contributed by atoms with Gasteiger partial charge in [0.15, 0.2) is 0 Å². The molecule has 1 aromatic rings. The van der Waals surface area contributed by atoms with Crippen LogP contribution in [0.2, 0.25) is 0 Å². The molecule has 0 aliphatic carbocycles. The third-order valence-corrected chi connectivity index (χ3v) is 4.90. The minimum absolute atomic E-state index is 0.314. The molecule has 4 heteroatoms. The van der Waals surface area contributed by atoms with Crippen molar-refractivity contribution in [2.24, 2.45) is 5.92 Å². The Morgan fingerprint density at radius 3 is 2.40 bits per heavy atom. The predicted molar refractivity (Wildman–Crippen MR) is 86.3 cm³/mol. The van der Waals surface area contributed by atoms with Crippen molar-refractivity contribution in [1.29, 1.82) is 0 Å². The highest BCUT2D eigenvalue weighted by Gasteiger charge is 2.17. The Morgan fingerprint density at radius 2 is 1.75 bits per heavy atom. The Hall–Kier alpha value is -0.420. The van der Waals surface area contributed by atoms with Gasteiger partial charge in [0.25, 0.3) is 0 Å². The number of nitrogens with zero attached hydrogens (tertiary/aromatic N) is 2. The second-order valence-electron chi connectivity index (χ2n) is 6.16. The molecule has 20 heavy (non-hydrogen) atoms. The van der Waals surface area contributed by atoms with Gasteiger partial charge in [-0.3, -0.25) is 4.90 Å². The average molecular weight is 296 g/mol. The van der Waals surface area contributed by atoms with E-state index in [2.05, 4.69) is 35.8 Å². The highest BCUT2D eigenvalue weighted by Crippen LogP contribution is 2.21. The second-order valence-corrected chi connectivity index (χ2v) is 7.41. The quantitative estimate of drug-likeness (QED) is 0.837. The number of hydrogen-bond donors (Lipinski definition) is 1. The van der Waals surface area contributed by atoms with Crippen LogP contribution in [0.15, 0.2) is 12.1 Å². The second kappa shape index (κ2) is 8.13. The molecule has 1 saturated heterocycles. The first kappa shape index (κ1) is 16.0. The molecule has 0 atom stereocenters. The van der Waals surface area contributed by atoms with E-state index in [0.717, 1.165) is 51.6 Å². The number of piperazine rings is 1. The topological polar surface area (TPSA) is 26.7 Å². The highest BCUT2D eigenvalue weighted by atomic mass is 32.1. The van der Waals surface area contributed by atoms with E-state index in [1.165, 1.54) is 16.2 Å². The van der Waals surface area contributed by atoms with E-state index >= 15 is 0 Å². The summed E-state index contributed by atoms with van der Waals surface area (Å²) in [6.07, 6.45) is 2.11. The maximum absolute atomic E-state index is 8.87. The zero-order chi connectivity index (χ0) is 14.4. The summed E-state index contributed by atoms with van der Waals surface area (Å²) in [4.78, 5) is 8.05. The van der Waals surface area contributed by atoms with Crippen LogP contribution in [0.4, 0.5) is 0 Å². The molecule has 1 fully saturated rings. The minimum Gasteiger partial charge on any atom is -0.396 e. The van der Waals surface area contributed by atoms with Crippen LogP contribution in [0, 0.1) is 5.92 Å². The molecular weight excluding hydrogens is 268 g/mol. The molecule has 0 amide bonds. The van der Waals surface area contributed by atoms with Crippen molar-refractivity contribution in [3.8, 4) is 0 Å². The smallest absolute Gasteiger partial charge is 0.0443 e. The largest absolute Gasteiger partial charge is 0.396 e. The molecule has 0 spiro atoms. The third kappa shape index (κ3) is 5.17. The molecule has 3 nitrogen and oxygen atoms in total. The summed E-state index contributed by atoms with van der Waals surface area (Å²) >= 11 is 1.98. The lowest BCUT2D eigenvalue weighted by Gasteiger charge is -2.34. The molecule has 0 bridgehead atoms. The fourth-order valence-corrected chi connectivity index (χ4v) is 3.98. The Balaban J connectivity index is 1.73. The molecular formula is C16H28N2OS. The lowest BCUT2D eigenvalue weighted by atomic mass is 10.1. The van der Waals surface area contributed by atoms with Gasteiger partial charge < -0.3 is 10.0 Å². The average Bonchev–Trinajstić information content (AvgIpc) is 2.84. The number of rotatable bonds is 7. The van der Waals surface area contributed by atoms with E-state index in [4.69, 9.17) is 5.11 Å². The van der Waals surface area contributed by atoms with Gasteiger partial charge in [-0.15, -0.1) is 11.3 Å². The van der Waals surface area contributed by atoms with Crippen molar-refractivity contribution < 1.29 is 5.11 Å². The van der Waals surface area contributed by atoms with Crippen LogP contribution >= 0.6 is 11.3 Å². The number of hydrogen-bond acceptors (Lipinski definition) is 4. The Bertz CT molecular complexity index is 384. The van der Waals surface area contributed by atoms with Crippen LogP contribution in [0.1, 0.15) is 30.0 Å². The normalized spacial score (nSPS) is 18.0. The van der Waals surface area contributed by atoms with E-state index in [1.54, 1.807) is 0 Å². The van der Waals surface area contributed by atoms with E-state index in [0.29, 0.717) is 6.61 Å². The van der Waals surface area contributed by atoms with Crippen molar-refractivity contribution in [2.45, 2.75) is 33.2 Å². The van der Waals surface area contributed by atoms with Crippen molar-refractivity contribution in [3.05, 3.63) is 21.9 Å². The standard InChI is InChI=1S/C16H28N2OS/c1-14(2)12-15-4-5-16(20-15)13-18-9-7-17(8-10-18)6-3-11-19/h4-5,14,19H,3,6-13H2,1-2H3. The van der Waals surface area contributed by atoms with Crippen LogP contribution in [0.5, 0.6) is 0 Å². The predicted octanol–water partition coefficient (Wildman–Crippen LogP) is 2.45. The van der Waals surface area contributed by atoms with Gasteiger partial charge >= 0.3 is 0 Å². The summed E-state index contributed by atoms with van der Waals surface area (Å²) in [5, 5.41) is 8.87. The molecule has 1 aliphatic heterocycles. The van der Waals surface area contributed by atoms with Crippen molar-refractivity contribution >= 4 is 11.3 Å². The summed E-state index contributed by atoms with van der Waals surface area (Å²) in [5.74, 6) is 0.747. The number of aliphatic hydroxyl groups excluding tert-OH is 1. The van der Waals surface area contributed by atoms with Crippen LogP contribution in [-0.2, 0) is 13.0 Å². The fraction of sp³-hybridized carbons (Fsp3) is 0.750. The van der Waals surface area contributed by atoms with Crippen LogP contribution < -0.4 is 0 Å². The Morgan fingerprint density at radius 1 is 1.10 bits per heavy atom. The molecule has 2 heterocycles. The molecule has 0 radical (unpaired) electrons. The van der Waals surface area contributed by atoms with Gasteiger partial charge in [-0.05, 0) is 30.9 Å². The molecule has 1 N–H and O–H groups in total. The van der Waals surface area contributed by atoms with Crippen LogP contribution in [0.3, 0.4) is 0 Å². The summed E-state index contributed by atoms with van der Waals surface area (Å²) in [6, 6.07) is 4.61. The number of aliphatic hydroxyl groups is 1. The van der Waals surface area contributed by atoms with Crippen molar-refractivity contribution in [3.63, 3.8) is 0 Å². The maximum Gasteiger partial charge on any atom is 0.0443 e. The van der Waals surface area contributed by atoms with Gasteiger partial charge in [0.05, 0.1) is 0 Å². The first-order valence-electron chi connectivity index (χ1n) is 7.80. The number of thiophene rings is 1. The monoisotopic (exact) mass is 296 g/mol. The summed E-state index contributed by atoms with van der Waals surface area (Å²) < 4.78 is 0. The van der Waals surface area contributed by atoms with Gasteiger partial charge in [0.1, 0.15) is 0 Å². The molecule has 2 rings (SSSR count). The van der Waals surface area contributed by atoms with Gasteiger partial charge in [0, 0.05) is 55.6 Å². The molecule has 114 valence electrons. The van der Waals surface area contributed by atoms with Gasteiger partial charge in [0.2, 0.25) is 0 Å². The minimum atomic E-state index is 0.314. The van der Waals surface area contributed by atoms with Crippen molar-refractivity contribution in [1.82, 2.24) is 9.80 Å². The molecule has 0 unspecified atom stereocenters. The zero-order valence-electron chi connectivity index (χ0n) is 12.8. The van der Waals surface area contributed by atoms with E-state index in [1.807, 2.05) is 11.3 Å². The van der Waals surface area contributed by atoms with Gasteiger partial charge in [-0.1, -0.05) is 13.8 Å². The Labute approximate surface area is 127 Å². The molecule has 0 saturated carbocycles. The van der Waals surface area contributed by atoms with Crippen LogP contribution in [-0.4, -0.2) is 54.2 Å². The van der Waals surface area contributed by atoms with Crippen molar-refractivity contribution in [2.75, 3.05) is 39.3 Å². The SMILES string of the molecule is CC(C)Cc1ccc(CN2CCN(CCCO)CC2)s1. The summed E-state index contributed by atoms with van der Waals surface area (Å²) in [7, 11) is 0. The molecule has 1 aliphatic rings. The van der Waals surface area contributed by atoms with E-state index in [9.17, 15) is 0 Å². The van der Waals surface area contributed by atoms with Gasteiger partial charge in [-0.2, -0.15) is 0 Å². The Kier molecular flexibility index (Phi) is 6.49. The first-order valence-corrected chi connectivity index (χ1v) is 8.62. The van der Waals surface area contributed by atoms with E-state index < -0.39 is 0 Å². The first-order chi connectivity index (χ1) is 9.67. The van der Waals surface area contributed by atoms with E-state index in [-0.39, 0.29) is 0 Å². The van der Waals surface area contributed by atoms with Crippen LogP contribution in [0.25, 0.3) is 0 Å².